The maximum Gasteiger partial charge on any atom is 0.187 e. The van der Waals surface area contributed by atoms with Crippen LogP contribution >= 0.6 is 11.3 Å². The molecule has 1 fully saturated rings. The zero-order valence-corrected chi connectivity index (χ0v) is 17.4. The molecule has 1 aromatic carbocycles. The topological polar surface area (TPSA) is 68.5 Å². The summed E-state index contributed by atoms with van der Waals surface area (Å²) in [5, 5.41) is 4.67. The Morgan fingerprint density at radius 1 is 1.24 bits per heavy atom. The fraction of sp³-hybridized carbons (Fsp3) is 0.409. The SMILES string of the molecule is CC(=O)c1cccc(Nc2nc(C[NH+]3CCOCC3)nc3sc4c(c23)CCC4)c1. The van der Waals surface area contributed by atoms with E-state index in [0.717, 1.165) is 73.2 Å². The summed E-state index contributed by atoms with van der Waals surface area (Å²) in [4.78, 5) is 25.7. The summed E-state index contributed by atoms with van der Waals surface area (Å²) in [6, 6.07) is 7.64. The average Bonchev–Trinajstić information content (AvgIpc) is 3.30. The molecule has 1 aliphatic heterocycles. The van der Waals surface area contributed by atoms with Gasteiger partial charge in [0, 0.05) is 16.1 Å². The molecule has 150 valence electrons. The van der Waals surface area contributed by atoms with Crippen molar-refractivity contribution in [3.8, 4) is 0 Å². The highest BCUT2D eigenvalue weighted by atomic mass is 32.1. The Morgan fingerprint density at radius 3 is 2.93 bits per heavy atom. The molecule has 0 atom stereocenters. The summed E-state index contributed by atoms with van der Waals surface area (Å²) in [5.41, 5.74) is 3.00. The van der Waals surface area contributed by atoms with E-state index in [-0.39, 0.29) is 5.78 Å². The number of ether oxygens (including phenoxy) is 1. The number of benzene rings is 1. The lowest BCUT2D eigenvalue weighted by Crippen LogP contribution is -3.12. The fourth-order valence-electron chi connectivity index (χ4n) is 4.22. The maximum atomic E-state index is 11.8. The molecule has 1 saturated heterocycles. The number of carbonyl (C=O) groups excluding carboxylic acids is 1. The third kappa shape index (κ3) is 3.77. The van der Waals surface area contributed by atoms with Crippen LogP contribution in [-0.4, -0.2) is 42.1 Å². The minimum Gasteiger partial charge on any atom is -0.370 e. The van der Waals surface area contributed by atoms with Gasteiger partial charge in [-0.25, -0.2) is 9.97 Å². The van der Waals surface area contributed by atoms with Crippen LogP contribution in [0, 0.1) is 0 Å². The van der Waals surface area contributed by atoms with Gasteiger partial charge in [0.2, 0.25) is 0 Å². The third-order valence-electron chi connectivity index (χ3n) is 5.75. The van der Waals surface area contributed by atoms with Crippen LogP contribution in [0.15, 0.2) is 24.3 Å². The van der Waals surface area contributed by atoms with Crippen LogP contribution in [0.5, 0.6) is 0 Å². The Morgan fingerprint density at radius 2 is 2.10 bits per heavy atom. The molecule has 3 heterocycles. The first-order chi connectivity index (χ1) is 14.2. The number of aromatic nitrogens is 2. The number of nitrogens with one attached hydrogen (secondary N) is 2. The van der Waals surface area contributed by atoms with Gasteiger partial charge in [-0.2, -0.15) is 0 Å². The van der Waals surface area contributed by atoms with Crippen molar-refractivity contribution in [3.63, 3.8) is 0 Å². The molecule has 0 bridgehead atoms. The first kappa shape index (κ1) is 18.7. The minimum absolute atomic E-state index is 0.0644. The summed E-state index contributed by atoms with van der Waals surface area (Å²) in [6.45, 7) is 5.99. The van der Waals surface area contributed by atoms with Crippen LogP contribution in [0.2, 0.25) is 0 Å². The second kappa shape index (κ2) is 7.82. The molecule has 1 aliphatic carbocycles. The molecule has 0 saturated carbocycles. The molecule has 5 rings (SSSR count). The van der Waals surface area contributed by atoms with Crippen LogP contribution < -0.4 is 10.2 Å². The van der Waals surface area contributed by atoms with Crippen molar-refractivity contribution < 1.29 is 14.4 Å². The Labute approximate surface area is 173 Å². The number of rotatable bonds is 5. The van der Waals surface area contributed by atoms with E-state index in [2.05, 4.69) is 5.32 Å². The van der Waals surface area contributed by atoms with Crippen molar-refractivity contribution in [2.24, 2.45) is 0 Å². The van der Waals surface area contributed by atoms with E-state index in [4.69, 9.17) is 14.7 Å². The number of quaternary nitrogens is 1. The molecule has 0 unspecified atom stereocenters. The minimum atomic E-state index is 0.0644. The molecule has 6 nitrogen and oxygen atoms in total. The molecule has 2 aliphatic rings. The molecular weight excluding hydrogens is 384 g/mol. The number of morpholine rings is 1. The molecule has 0 radical (unpaired) electrons. The predicted molar refractivity (Wildman–Crippen MR) is 114 cm³/mol. The summed E-state index contributed by atoms with van der Waals surface area (Å²) in [5.74, 6) is 1.81. The quantitative estimate of drug-likeness (QED) is 0.634. The second-order valence-electron chi connectivity index (χ2n) is 7.83. The normalized spacial score (nSPS) is 16.9. The highest BCUT2D eigenvalue weighted by Gasteiger charge is 2.24. The maximum absolute atomic E-state index is 11.8. The average molecular weight is 410 g/mol. The smallest absolute Gasteiger partial charge is 0.187 e. The van der Waals surface area contributed by atoms with Crippen molar-refractivity contribution in [2.45, 2.75) is 32.7 Å². The molecule has 7 heteroatoms. The van der Waals surface area contributed by atoms with E-state index in [1.54, 1.807) is 6.92 Å². The van der Waals surface area contributed by atoms with E-state index < -0.39 is 0 Å². The van der Waals surface area contributed by atoms with Gasteiger partial charge in [0.1, 0.15) is 30.3 Å². The van der Waals surface area contributed by atoms with Gasteiger partial charge in [0.05, 0.1) is 18.6 Å². The van der Waals surface area contributed by atoms with E-state index >= 15 is 0 Å². The van der Waals surface area contributed by atoms with Crippen molar-refractivity contribution >= 4 is 38.8 Å². The molecule has 3 aromatic rings. The van der Waals surface area contributed by atoms with Crippen molar-refractivity contribution in [3.05, 3.63) is 46.1 Å². The third-order valence-corrected chi connectivity index (χ3v) is 6.94. The van der Waals surface area contributed by atoms with Crippen LogP contribution in [-0.2, 0) is 24.1 Å². The first-order valence-electron chi connectivity index (χ1n) is 10.3. The summed E-state index contributed by atoms with van der Waals surface area (Å²) >= 11 is 1.82. The Hall–Kier alpha value is -2.35. The van der Waals surface area contributed by atoms with Crippen molar-refractivity contribution in [1.29, 1.82) is 0 Å². The fourth-order valence-corrected chi connectivity index (χ4v) is 5.50. The number of nitrogens with zero attached hydrogens (tertiary/aromatic N) is 2. The Balaban J connectivity index is 1.54. The summed E-state index contributed by atoms with van der Waals surface area (Å²) < 4.78 is 5.48. The van der Waals surface area contributed by atoms with Crippen LogP contribution in [0.25, 0.3) is 10.2 Å². The molecule has 0 amide bonds. The van der Waals surface area contributed by atoms with Gasteiger partial charge < -0.3 is 15.0 Å². The standard InChI is InChI=1S/C22H24N4O2S/c1-14(27)15-4-2-5-16(12-15)23-21-20-17-6-3-7-18(17)29-22(20)25-19(24-21)13-26-8-10-28-11-9-26/h2,4-5,12H,3,6-11,13H2,1H3,(H,23,24,25)/p+1. The van der Waals surface area contributed by atoms with Gasteiger partial charge in [0.25, 0.3) is 0 Å². The number of anilines is 2. The number of hydrogen-bond donors (Lipinski definition) is 2. The highest BCUT2D eigenvalue weighted by molar-refractivity contribution is 7.19. The van der Waals surface area contributed by atoms with E-state index in [1.165, 1.54) is 21.8 Å². The Kier molecular flexibility index (Phi) is 5.03. The number of fused-ring (bicyclic) bond motifs is 3. The first-order valence-corrected chi connectivity index (χ1v) is 11.1. The number of thiophene rings is 1. The highest BCUT2D eigenvalue weighted by Crippen LogP contribution is 2.40. The van der Waals surface area contributed by atoms with Gasteiger partial charge in [0.15, 0.2) is 11.6 Å². The monoisotopic (exact) mass is 409 g/mol. The van der Waals surface area contributed by atoms with E-state index in [1.807, 2.05) is 35.6 Å². The Bertz CT molecular complexity index is 1070. The molecule has 2 N–H and O–H groups in total. The molecule has 29 heavy (non-hydrogen) atoms. The number of ketones is 1. The van der Waals surface area contributed by atoms with Crippen LogP contribution in [0.3, 0.4) is 0 Å². The van der Waals surface area contributed by atoms with Gasteiger partial charge in [-0.3, -0.25) is 4.79 Å². The second-order valence-corrected chi connectivity index (χ2v) is 8.91. The lowest BCUT2D eigenvalue weighted by atomic mass is 10.1. The van der Waals surface area contributed by atoms with Gasteiger partial charge in [-0.05, 0) is 43.9 Å². The lowest BCUT2D eigenvalue weighted by Gasteiger charge is -2.23. The van der Waals surface area contributed by atoms with Gasteiger partial charge >= 0.3 is 0 Å². The van der Waals surface area contributed by atoms with Crippen LogP contribution in [0.1, 0.15) is 40.0 Å². The van der Waals surface area contributed by atoms with E-state index in [9.17, 15) is 4.79 Å². The van der Waals surface area contributed by atoms with E-state index in [0.29, 0.717) is 5.56 Å². The molecule has 2 aromatic heterocycles. The molecule has 0 spiro atoms. The summed E-state index contributed by atoms with van der Waals surface area (Å²) in [7, 11) is 0. The van der Waals surface area contributed by atoms with Gasteiger partial charge in [-0.1, -0.05) is 12.1 Å². The van der Waals surface area contributed by atoms with Crippen molar-refractivity contribution in [2.75, 3.05) is 31.6 Å². The largest absolute Gasteiger partial charge is 0.370 e. The van der Waals surface area contributed by atoms with Crippen molar-refractivity contribution in [1.82, 2.24) is 9.97 Å². The number of carbonyl (C=O) groups is 1. The predicted octanol–water partition coefficient (Wildman–Crippen LogP) is 2.54. The number of hydrogen-bond acceptors (Lipinski definition) is 6. The summed E-state index contributed by atoms with van der Waals surface area (Å²) in [6.07, 6.45) is 3.44. The zero-order chi connectivity index (χ0) is 19.8. The lowest BCUT2D eigenvalue weighted by molar-refractivity contribution is -0.922. The number of aryl methyl sites for hydroxylation is 2. The molecular formula is C22H25N4O2S+. The van der Waals surface area contributed by atoms with Crippen LogP contribution in [0.4, 0.5) is 11.5 Å². The number of Topliss-reactive ketones (excluding diaryl/α,β-unsaturated/α-hetero) is 1. The van der Waals surface area contributed by atoms with Gasteiger partial charge in [-0.15, -0.1) is 11.3 Å². The zero-order valence-electron chi connectivity index (χ0n) is 16.6.